The molecule has 2 N–H and O–H groups in total. The monoisotopic (exact) mass is 296 g/mol. The summed E-state index contributed by atoms with van der Waals surface area (Å²) < 4.78 is 7.24. The number of nitrogens with one attached hydrogen (secondary N) is 1. The standard InChI is InChI=1S/C15H24N2O4/c1-4-11-12(18)16-14(20)17(13(11)19)10-7-8-21-15(5-2,6-3)9-10/h10,19H,4-9H2,1-3H3,(H,16,18,20). The molecule has 0 saturated carbocycles. The molecule has 0 aromatic carbocycles. The Bertz CT molecular complexity index is 613. The number of hydrogen-bond acceptors (Lipinski definition) is 4. The summed E-state index contributed by atoms with van der Waals surface area (Å²) in [6.07, 6.45) is 3.43. The minimum absolute atomic E-state index is 0.145. The molecular weight excluding hydrogens is 272 g/mol. The third-order valence-corrected chi connectivity index (χ3v) is 4.69. The van der Waals surface area contributed by atoms with Crippen LogP contribution in [0.5, 0.6) is 5.88 Å². The van der Waals surface area contributed by atoms with Gasteiger partial charge >= 0.3 is 5.69 Å². The Hall–Kier alpha value is -1.56. The van der Waals surface area contributed by atoms with Crippen LogP contribution in [0.25, 0.3) is 0 Å². The van der Waals surface area contributed by atoms with Gasteiger partial charge in [-0.25, -0.2) is 4.79 Å². The van der Waals surface area contributed by atoms with Gasteiger partial charge in [-0.1, -0.05) is 20.8 Å². The van der Waals surface area contributed by atoms with Gasteiger partial charge < -0.3 is 9.84 Å². The normalized spacial score (nSPS) is 21.4. The van der Waals surface area contributed by atoms with Crippen molar-refractivity contribution in [1.82, 2.24) is 9.55 Å². The van der Waals surface area contributed by atoms with Gasteiger partial charge in [0.2, 0.25) is 5.88 Å². The summed E-state index contributed by atoms with van der Waals surface area (Å²) in [5.41, 5.74) is -1.03. The summed E-state index contributed by atoms with van der Waals surface area (Å²) in [5.74, 6) is -0.195. The highest BCUT2D eigenvalue weighted by Crippen LogP contribution is 2.37. The maximum absolute atomic E-state index is 12.1. The highest BCUT2D eigenvalue weighted by Gasteiger charge is 2.36. The fourth-order valence-corrected chi connectivity index (χ4v) is 3.20. The van der Waals surface area contributed by atoms with Crippen molar-refractivity contribution in [3.63, 3.8) is 0 Å². The van der Waals surface area contributed by atoms with Crippen molar-refractivity contribution in [3.8, 4) is 5.88 Å². The maximum Gasteiger partial charge on any atom is 0.331 e. The van der Waals surface area contributed by atoms with E-state index >= 15 is 0 Å². The van der Waals surface area contributed by atoms with Crippen LogP contribution in [-0.2, 0) is 11.2 Å². The van der Waals surface area contributed by atoms with Crippen LogP contribution in [0.2, 0.25) is 0 Å². The fourth-order valence-electron chi connectivity index (χ4n) is 3.20. The van der Waals surface area contributed by atoms with Gasteiger partial charge in [-0.05, 0) is 32.1 Å². The van der Waals surface area contributed by atoms with Crippen LogP contribution in [0.3, 0.4) is 0 Å². The molecule has 1 fully saturated rings. The lowest BCUT2D eigenvalue weighted by Gasteiger charge is -2.40. The lowest BCUT2D eigenvalue weighted by atomic mass is 9.85. The van der Waals surface area contributed by atoms with Crippen molar-refractivity contribution in [1.29, 1.82) is 0 Å². The number of nitrogens with zero attached hydrogens (tertiary/aromatic N) is 1. The fraction of sp³-hybridized carbons (Fsp3) is 0.733. The van der Waals surface area contributed by atoms with E-state index in [1.807, 2.05) is 0 Å². The molecule has 1 aromatic heterocycles. The van der Waals surface area contributed by atoms with Gasteiger partial charge in [0.25, 0.3) is 5.56 Å². The molecule has 1 atom stereocenters. The molecule has 0 aliphatic carbocycles. The largest absolute Gasteiger partial charge is 0.494 e. The predicted molar refractivity (Wildman–Crippen MR) is 79.9 cm³/mol. The first-order chi connectivity index (χ1) is 9.98. The van der Waals surface area contributed by atoms with Crippen LogP contribution >= 0.6 is 0 Å². The average Bonchev–Trinajstić information content (AvgIpc) is 2.47. The van der Waals surface area contributed by atoms with Gasteiger partial charge in [-0.3, -0.25) is 14.3 Å². The molecule has 21 heavy (non-hydrogen) atoms. The minimum Gasteiger partial charge on any atom is -0.494 e. The van der Waals surface area contributed by atoms with E-state index in [4.69, 9.17) is 4.74 Å². The molecule has 2 heterocycles. The molecule has 118 valence electrons. The first-order valence-electron chi connectivity index (χ1n) is 7.68. The van der Waals surface area contributed by atoms with Gasteiger partial charge in [-0.2, -0.15) is 0 Å². The van der Waals surface area contributed by atoms with E-state index in [2.05, 4.69) is 18.8 Å². The van der Waals surface area contributed by atoms with E-state index < -0.39 is 11.2 Å². The molecule has 1 aliphatic heterocycles. The summed E-state index contributed by atoms with van der Waals surface area (Å²) in [7, 11) is 0. The molecule has 0 amide bonds. The lowest BCUT2D eigenvalue weighted by Crippen LogP contribution is -2.43. The van der Waals surface area contributed by atoms with Gasteiger partial charge in [0.05, 0.1) is 11.2 Å². The molecule has 1 aromatic rings. The third kappa shape index (κ3) is 2.77. The number of aromatic hydroxyl groups is 1. The number of H-pyrrole nitrogens is 1. The Balaban J connectivity index is 2.47. The second kappa shape index (κ2) is 6.05. The van der Waals surface area contributed by atoms with Crippen molar-refractivity contribution in [3.05, 3.63) is 26.4 Å². The van der Waals surface area contributed by atoms with Crippen LogP contribution < -0.4 is 11.2 Å². The summed E-state index contributed by atoms with van der Waals surface area (Å²) in [6.45, 7) is 6.47. The molecule has 1 unspecified atom stereocenters. The van der Waals surface area contributed by atoms with Crippen molar-refractivity contribution in [2.75, 3.05) is 6.61 Å². The van der Waals surface area contributed by atoms with Crippen LogP contribution in [0.4, 0.5) is 0 Å². The number of aromatic amines is 1. The van der Waals surface area contributed by atoms with Crippen molar-refractivity contribution in [2.45, 2.75) is 64.5 Å². The van der Waals surface area contributed by atoms with Gasteiger partial charge in [0.15, 0.2) is 0 Å². The Morgan fingerprint density at radius 3 is 2.57 bits per heavy atom. The van der Waals surface area contributed by atoms with Crippen molar-refractivity contribution < 1.29 is 9.84 Å². The van der Waals surface area contributed by atoms with Crippen molar-refractivity contribution in [2.24, 2.45) is 0 Å². The summed E-state index contributed by atoms with van der Waals surface area (Å²) in [4.78, 5) is 26.1. The first-order valence-corrected chi connectivity index (χ1v) is 7.68. The molecule has 1 aliphatic rings. The summed E-state index contributed by atoms with van der Waals surface area (Å²) >= 11 is 0. The second-order valence-electron chi connectivity index (χ2n) is 5.67. The zero-order chi connectivity index (χ0) is 15.6. The Labute approximate surface area is 123 Å². The second-order valence-corrected chi connectivity index (χ2v) is 5.67. The SMILES string of the molecule is CCc1c(O)n(C2CCOC(CC)(CC)C2)c(=O)[nH]c1=O. The zero-order valence-corrected chi connectivity index (χ0v) is 12.9. The van der Waals surface area contributed by atoms with E-state index in [9.17, 15) is 14.7 Å². The molecule has 2 rings (SSSR count). The number of hydrogen-bond donors (Lipinski definition) is 2. The lowest BCUT2D eigenvalue weighted by molar-refractivity contribution is -0.0998. The summed E-state index contributed by atoms with van der Waals surface area (Å²) in [6, 6.07) is -0.145. The minimum atomic E-state index is -0.539. The van der Waals surface area contributed by atoms with E-state index in [0.717, 1.165) is 12.8 Å². The molecule has 0 spiro atoms. The van der Waals surface area contributed by atoms with E-state index in [1.54, 1.807) is 6.92 Å². The number of ether oxygens (including phenoxy) is 1. The summed E-state index contributed by atoms with van der Waals surface area (Å²) in [5, 5.41) is 10.3. The maximum atomic E-state index is 12.1. The number of rotatable bonds is 4. The van der Waals surface area contributed by atoms with Gasteiger partial charge in [-0.15, -0.1) is 0 Å². The third-order valence-electron chi connectivity index (χ3n) is 4.69. The van der Waals surface area contributed by atoms with Crippen LogP contribution in [0, 0.1) is 0 Å². The Morgan fingerprint density at radius 2 is 2.00 bits per heavy atom. The number of aromatic nitrogens is 2. The molecule has 0 radical (unpaired) electrons. The quantitative estimate of drug-likeness (QED) is 0.886. The van der Waals surface area contributed by atoms with E-state index in [-0.39, 0.29) is 23.1 Å². The van der Waals surface area contributed by atoms with Gasteiger partial charge in [0.1, 0.15) is 0 Å². The topological polar surface area (TPSA) is 84.3 Å². The average molecular weight is 296 g/mol. The van der Waals surface area contributed by atoms with Crippen LogP contribution in [0.1, 0.15) is 58.1 Å². The highest BCUT2D eigenvalue weighted by atomic mass is 16.5. The van der Waals surface area contributed by atoms with Crippen LogP contribution in [-0.4, -0.2) is 26.9 Å². The van der Waals surface area contributed by atoms with E-state index in [1.165, 1.54) is 4.57 Å². The zero-order valence-electron chi connectivity index (χ0n) is 12.9. The smallest absolute Gasteiger partial charge is 0.331 e. The van der Waals surface area contributed by atoms with E-state index in [0.29, 0.717) is 25.9 Å². The highest BCUT2D eigenvalue weighted by molar-refractivity contribution is 5.23. The van der Waals surface area contributed by atoms with Crippen LogP contribution in [0.15, 0.2) is 9.59 Å². The first kappa shape index (κ1) is 15.8. The Morgan fingerprint density at radius 1 is 1.33 bits per heavy atom. The molecular formula is C15H24N2O4. The van der Waals surface area contributed by atoms with Crippen molar-refractivity contribution >= 4 is 0 Å². The molecule has 6 nitrogen and oxygen atoms in total. The van der Waals surface area contributed by atoms with Gasteiger partial charge in [0, 0.05) is 12.6 Å². The molecule has 1 saturated heterocycles. The Kier molecular flexibility index (Phi) is 4.56. The molecule has 6 heteroatoms. The molecule has 0 bridgehead atoms. The predicted octanol–water partition coefficient (Wildman–Crippen LogP) is 1.71.